The number of hydrogen-bond donors (Lipinski definition) is 5. The van der Waals surface area contributed by atoms with Crippen LogP contribution in [0.15, 0.2) is 36.4 Å². The second-order valence-corrected chi connectivity index (χ2v) is 7.07. The Morgan fingerprint density at radius 1 is 1.17 bits per heavy atom. The van der Waals surface area contributed by atoms with Gasteiger partial charge in [0, 0.05) is 29.8 Å². The molecule has 2 aromatic heterocycles. The molecule has 152 valence electrons. The van der Waals surface area contributed by atoms with E-state index in [2.05, 4.69) is 25.8 Å². The number of halogens is 2. The highest BCUT2D eigenvalue weighted by atomic mass is 19.1. The van der Waals surface area contributed by atoms with Gasteiger partial charge in [-0.2, -0.15) is 5.10 Å². The van der Waals surface area contributed by atoms with Crippen LogP contribution in [0.1, 0.15) is 41.6 Å². The third kappa shape index (κ3) is 4.36. The molecule has 7 nitrogen and oxygen atoms in total. The molecule has 1 aromatic carbocycles. The molecule has 29 heavy (non-hydrogen) atoms. The molecule has 9 heteroatoms. The molecule has 4 rings (SSSR count). The zero-order valence-electron chi connectivity index (χ0n) is 15.6. The highest BCUT2D eigenvalue weighted by molar-refractivity contribution is 5.59. The second-order valence-electron chi connectivity index (χ2n) is 7.07. The van der Waals surface area contributed by atoms with Gasteiger partial charge in [-0.3, -0.25) is 5.10 Å². The number of anilines is 3. The molecular weight excluding hydrogens is 378 g/mol. The van der Waals surface area contributed by atoms with Crippen LogP contribution < -0.4 is 16.4 Å². The van der Waals surface area contributed by atoms with Crippen molar-refractivity contribution in [3.63, 3.8) is 0 Å². The lowest BCUT2D eigenvalue weighted by Gasteiger charge is -2.20. The molecule has 1 aliphatic rings. The SMILES string of the molecule is NCc1cc(F)c(Nc2cc(C3CC3)[nH]n2)nc1N[C@@H](CO)c1ccc(F)cc1. The number of aromatic nitrogens is 3. The Hall–Kier alpha value is -3.04. The van der Waals surface area contributed by atoms with E-state index in [1.54, 1.807) is 12.1 Å². The number of H-pyrrole nitrogens is 1. The summed E-state index contributed by atoms with van der Waals surface area (Å²) in [7, 11) is 0. The third-order valence-corrected chi connectivity index (χ3v) is 4.90. The number of hydrogen-bond acceptors (Lipinski definition) is 6. The number of rotatable bonds is 8. The molecule has 0 unspecified atom stereocenters. The van der Waals surface area contributed by atoms with E-state index in [0.29, 0.717) is 28.7 Å². The van der Waals surface area contributed by atoms with Gasteiger partial charge in [-0.05, 0) is 36.6 Å². The van der Waals surface area contributed by atoms with Crippen LogP contribution in [-0.4, -0.2) is 26.9 Å². The molecule has 1 aliphatic carbocycles. The fourth-order valence-electron chi connectivity index (χ4n) is 3.11. The summed E-state index contributed by atoms with van der Waals surface area (Å²) in [6.45, 7) is -0.204. The van der Waals surface area contributed by atoms with Crippen molar-refractivity contribution in [1.29, 1.82) is 0 Å². The molecule has 3 aromatic rings. The lowest BCUT2D eigenvalue weighted by atomic mass is 10.1. The molecular formula is C20H22F2N6O. The highest BCUT2D eigenvalue weighted by Crippen LogP contribution is 2.39. The van der Waals surface area contributed by atoms with Crippen LogP contribution in [0.3, 0.4) is 0 Å². The summed E-state index contributed by atoms with van der Waals surface area (Å²) in [5, 5.41) is 22.8. The number of nitrogens with zero attached hydrogens (tertiary/aromatic N) is 2. The maximum absolute atomic E-state index is 14.5. The Kier molecular flexibility index (Phi) is 5.41. The molecule has 2 heterocycles. The molecule has 6 N–H and O–H groups in total. The van der Waals surface area contributed by atoms with Crippen LogP contribution >= 0.6 is 0 Å². The van der Waals surface area contributed by atoms with Crippen molar-refractivity contribution in [2.24, 2.45) is 5.73 Å². The number of nitrogens with two attached hydrogens (primary N) is 1. The average Bonchev–Trinajstić information content (AvgIpc) is 3.48. The molecule has 0 saturated heterocycles. The van der Waals surface area contributed by atoms with E-state index in [4.69, 9.17) is 5.73 Å². The van der Waals surface area contributed by atoms with Gasteiger partial charge in [0.1, 0.15) is 11.6 Å². The first-order chi connectivity index (χ1) is 14.1. The summed E-state index contributed by atoms with van der Waals surface area (Å²) >= 11 is 0. The number of aliphatic hydroxyl groups excluding tert-OH is 1. The average molecular weight is 400 g/mol. The standard InChI is InChI=1S/C20H22F2N6O/c21-14-5-3-12(4-6-14)17(10-29)24-19-13(9-23)7-15(22)20(26-19)25-18-8-16(27-28-18)11-1-2-11/h3-8,11,17,29H,1-2,9-10,23H2,(H3,24,25,26,27,28)/t17-/m0/s1. The van der Waals surface area contributed by atoms with Gasteiger partial charge in [-0.25, -0.2) is 13.8 Å². The predicted octanol–water partition coefficient (Wildman–Crippen LogP) is 3.31. The fraction of sp³-hybridized carbons (Fsp3) is 0.300. The molecule has 0 spiro atoms. The first-order valence-electron chi connectivity index (χ1n) is 9.42. The minimum atomic E-state index is -0.561. The summed E-state index contributed by atoms with van der Waals surface area (Å²) in [4.78, 5) is 4.32. The zero-order valence-corrected chi connectivity index (χ0v) is 15.6. The van der Waals surface area contributed by atoms with E-state index in [9.17, 15) is 13.9 Å². The lowest BCUT2D eigenvalue weighted by Crippen LogP contribution is -2.18. The van der Waals surface area contributed by atoms with E-state index in [0.717, 1.165) is 18.5 Å². The molecule has 0 aliphatic heterocycles. The summed E-state index contributed by atoms with van der Waals surface area (Å²) in [6.07, 6.45) is 2.25. The summed E-state index contributed by atoms with van der Waals surface area (Å²) in [6, 6.07) is 8.34. The molecule has 1 saturated carbocycles. The van der Waals surface area contributed by atoms with E-state index in [1.165, 1.54) is 18.2 Å². The van der Waals surface area contributed by atoms with Crippen molar-refractivity contribution < 1.29 is 13.9 Å². The van der Waals surface area contributed by atoms with Gasteiger partial charge >= 0.3 is 0 Å². The normalized spacial score (nSPS) is 14.6. The maximum Gasteiger partial charge on any atom is 0.170 e. The van der Waals surface area contributed by atoms with Crippen molar-refractivity contribution >= 4 is 17.5 Å². The minimum absolute atomic E-state index is 0.00524. The second kappa shape index (κ2) is 8.14. The zero-order chi connectivity index (χ0) is 20.4. The van der Waals surface area contributed by atoms with E-state index >= 15 is 0 Å². The van der Waals surface area contributed by atoms with E-state index in [-0.39, 0.29) is 24.8 Å². The minimum Gasteiger partial charge on any atom is -0.394 e. The van der Waals surface area contributed by atoms with Crippen LogP contribution in [0.5, 0.6) is 0 Å². The first kappa shape index (κ1) is 19.3. The van der Waals surface area contributed by atoms with Gasteiger partial charge in [-0.15, -0.1) is 0 Å². The van der Waals surface area contributed by atoms with Crippen LogP contribution in [-0.2, 0) is 6.54 Å². The van der Waals surface area contributed by atoms with Gasteiger partial charge < -0.3 is 21.5 Å². The van der Waals surface area contributed by atoms with Gasteiger partial charge in [0.05, 0.1) is 12.6 Å². The monoisotopic (exact) mass is 400 g/mol. The first-order valence-corrected chi connectivity index (χ1v) is 9.42. The van der Waals surface area contributed by atoms with Crippen LogP contribution in [0.25, 0.3) is 0 Å². The number of pyridine rings is 1. The fourth-order valence-corrected chi connectivity index (χ4v) is 3.11. The Balaban J connectivity index is 1.59. The summed E-state index contributed by atoms with van der Waals surface area (Å²) in [5.74, 6) is 0.362. The highest BCUT2D eigenvalue weighted by Gasteiger charge is 2.26. The van der Waals surface area contributed by atoms with Crippen molar-refractivity contribution in [2.45, 2.75) is 31.3 Å². The van der Waals surface area contributed by atoms with Crippen molar-refractivity contribution in [3.05, 3.63) is 64.9 Å². The number of benzene rings is 1. The summed E-state index contributed by atoms with van der Waals surface area (Å²) < 4.78 is 27.7. The lowest BCUT2D eigenvalue weighted by molar-refractivity contribution is 0.276. The Morgan fingerprint density at radius 2 is 1.93 bits per heavy atom. The molecule has 1 atom stereocenters. The van der Waals surface area contributed by atoms with Gasteiger partial charge in [0.2, 0.25) is 0 Å². The smallest absolute Gasteiger partial charge is 0.170 e. The Bertz CT molecular complexity index is 987. The van der Waals surface area contributed by atoms with Crippen molar-refractivity contribution in [1.82, 2.24) is 15.2 Å². The van der Waals surface area contributed by atoms with Gasteiger partial charge in [0.25, 0.3) is 0 Å². The van der Waals surface area contributed by atoms with Gasteiger partial charge in [0.15, 0.2) is 17.5 Å². The van der Waals surface area contributed by atoms with Crippen LogP contribution in [0.2, 0.25) is 0 Å². The number of nitrogens with one attached hydrogen (secondary N) is 3. The predicted molar refractivity (Wildman–Crippen MR) is 106 cm³/mol. The van der Waals surface area contributed by atoms with Crippen LogP contribution in [0.4, 0.5) is 26.2 Å². The van der Waals surface area contributed by atoms with Gasteiger partial charge in [-0.1, -0.05) is 12.1 Å². The van der Waals surface area contributed by atoms with E-state index < -0.39 is 11.9 Å². The Labute approximate surface area is 166 Å². The third-order valence-electron chi connectivity index (χ3n) is 4.90. The topological polar surface area (TPSA) is 112 Å². The van der Waals surface area contributed by atoms with Crippen molar-refractivity contribution in [2.75, 3.05) is 17.2 Å². The molecule has 0 bridgehead atoms. The Morgan fingerprint density at radius 3 is 2.59 bits per heavy atom. The molecule has 0 radical (unpaired) electrons. The number of aromatic amines is 1. The van der Waals surface area contributed by atoms with E-state index in [1.807, 2.05) is 6.07 Å². The molecule has 1 fully saturated rings. The summed E-state index contributed by atoms with van der Waals surface area (Å²) in [5.41, 5.74) is 7.88. The maximum atomic E-state index is 14.5. The largest absolute Gasteiger partial charge is 0.394 e. The quantitative estimate of drug-likeness (QED) is 0.397. The van der Waals surface area contributed by atoms with Crippen LogP contribution in [0, 0.1) is 11.6 Å². The molecule has 0 amide bonds. The number of aliphatic hydroxyl groups is 1. The van der Waals surface area contributed by atoms with Crippen molar-refractivity contribution in [3.8, 4) is 0 Å².